The van der Waals surface area contributed by atoms with E-state index in [1.54, 1.807) is 6.07 Å². The third-order valence-corrected chi connectivity index (χ3v) is 3.57. The summed E-state index contributed by atoms with van der Waals surface area (Å²) in [5, 5.41) is 0. The van der Waals surface area contributed by atoms with Crippen molar-refractivity contribution in [3.05, 3.63) is 29.6 Å². The molecule has 0 spiro atoms. The summed E-state index contributed by atoms with van der Waals surface area (Å²) in [6.07, 6.45) is 4.80. The summed E-state index contributed by atoms with van der Waals surface area (Å²) in [7, 11) is 0. The van der Waals surface area contributed by atoms with E-state index in [0.29, 0.717) is 11.8 Å². The zero-order valence-electron chi connectivity index (χ0n) is 9.17. The first-order valence-corrected chi connectivity index (χ1v) is 5.74. The van der Waals surface area contributed by atoms with Gasteiger partial charge in [0.15, 0.2) is 0 Å². The predicted octanol–water partition coefficient (Wildman–Crippen LogP) is 3.70. The number of anilines is 1. The van der Waals surface area contributed by atoms with Crippen molar-refractivity contribution < 1.29 is 4.39 Å². The molecule has 1 aromatic carbocycles. The third-order valence-electron chi connectivity index (χ3n) is 3.57. The van der Waals surface area contributed by atoms with Crippen molar-refractivity contribution in [1.29, 1.82) is 0 Å². The summed E-state index contributed by atoms with van der Waals surface area (Å²) in [5.41, 5.74) is 6.70. The van der Waals surface area contributed by atoms with Crippen molar-refractivity contribution in [3.8, 4) is 0 Å². The Morgan fingerprint density at radius 1 is 1.27 bits per heavy atom. The lowest BCUT2D eigenvalue weighted by molar-refractivity contribution is 0.323. The first-order chi connectivity index (χ1) is 7.20. The Balaban J connectivity index is 2.31. The monoisotopic (exact) mass is 207 g/mol. The molecule has 82 valence electrons. The molecule has 2 atom stereocenters. The number of benzene rings is 1. The molecule has 2 heteroatoms. The molecule has 1 aromatic rings. The van der Waals surface area contributed by atoms with Crippen molar-refractivity contribution in [1.82, 2.24) is 0 Å². The van der Waals surface area contributed by atoms with Gasteiger partial charge >= 0.3 is 0 Å². The van der Waals surface area contributed by atoms with Gasteiger partial charge in [0.05, 0.1) is 5.69 Å². The van der Waals surface area contributed by atoms with E-state index in [9.17, 15) is 4.39 Å². The maximum absolute atomic E-state index is 13.8. The predicted molar refractivity (Wildman–Crippen MR) is 61.2 cm³/mol. The first-order valence-electron chi connectivity index (χ1n) is 5.74. The molecular formula is C13H18FN. The quantitative estimate of drug-likeness (QED) is 0.698. The Labute approximate surface area is 90.5 Å². The van der Waals surface area contributed by atoms with Crippen molar-refractivity contribution in [3.63, 3.8) is 0 Å². The SMILES string of the molecule is C[C@H]1CCCC[C@@H]1c1cccc(N)c1F. The van der Waals surface area contributed by atoms with Crippen LogP contribution in [-0.4, -0.2) is 0 Å². The Hall–Kier alpha value is -1.05. The largest absolute Gasteiger partial charge is 0.396 e. The molecule has 1 nitrogen and oxygen atoms in total. The van der Waals surface area contributed by atoms with Crippen LogP contribution in [-0.2, 0) is 0 Å². The lowest BCUT2D eigenvalue weighted by Gasteiger charge is -2.29. The van der Waals surface area contributed by atoms with Gasteiger partial charge in [-0.3, -0.25) is 0 Å². The number of halogens is 1. The van der Waals surface area contributed by atoms with Crippen LogP contribution in [0.1, 0.15) is 44.1 Å². The van der Waals surface area contributed by atoms with Gasteiger partial charge in [-0.25, -0.2) is 4.39 Å². The van der Waals surface area contributed by atoms with Gasteiger partial charge in [0.25, 0.3) is 0 Å². The molecular weight excluding hydrogens is 189 g/mol. The maximum Gasteiger partial charge on any atom is 0.149 e. The van der Waals surface area contributed by atoms with Crippen LogP contribution in [0, 0.1) is 11.7 Å². The highest BCUT2D eigenvalue weighted by atomic mass is 19.1. The summed E-state index contributed by atoms with van der Waals surface area (Å²) in [5.74, 6) is 0.744. The lowest BCUT2D eigenvalue weighted by Crippen LogP contribution is -2.16. The van der Waals surface area contributed by atoms with Gasteiger partial charge in [-0.15, -0.1) is 0 Å². The molecule has 15 heavy (non-hydrogen) atoms. The lowest BCUT2D eigenvalue weighted by atomic mass is 9.76. The summed E-state index contributed by atoms with van der Waals surface area (Å²) in [6, 6.07) is 5.37. The van der Waals surface area contributed by atoms with Crippen LogP contribution in [0.3, 0.4) is 0 Å². The van der Waals surface area contributed by atoms with Gasteiger partial charge in [-0.05, 0) is 29.9 Å². The molecule has 0 saturated heterocycles. The van der Waals surface area contributed by atoms with E-state index in [4.69, 9.17) is 5.73 Å². The van der Waals surface area contributed by atoms with Crippen LogP contribution >= 0.6 is 0 Å². The van der Waals surface area contributed by atoms with E-state index in [-0.39, 0.29) is 11.5 Å². The standard InChI is InChI=1S/C13H18FN/c1-9-5-2-3-6-10(9)11-7-4-8-12(15)13(11)14/h4,7-10H,2-3,5-6,15H2,1H3/t9-,10-/m0/s1. The number of hydrogen-bond acceptors (Lipinski definition) is 1. The molecule has 1 saturated carbocycles. The average Bonchev–Trinajstić information content (AvgIpc) is 2.23. The zero-order chi connectivity index (χ0) is 10.8. The van der Waals surface area contributed by atoms with Crippen LogP contribution in [0.2, 0.25) is 0 Å². The van der Waals surface area contributed by atoms with E-state index in [1.807, 2.05) is 12.1 Å². The fourth-order valence-electron chi connectivity index (χ4n) is 2.63. The topological polar surface area (TPSA) is 26.0 Å². The highest BCUT2D eigenvalue weighted by Gasteiger charge is 2.25. The van der Waals surface area contributed by atoms with Crippen LogP contribution < -0.4 is 5.73 Å². The van der Waals surface area contributed by atoms with Gasteiger partial charge in [0.2, 0.25) is 0 Å². The highest BCUT2D eigenvalue weighted by Crippen LogP contribution is 2.39. The summed E-state index contributed by atoms with van der Waals surface area (Å²) >= 11 is 0. The molecule has 0 unspecified atom stereocenters. The fraction of sp³-hybridized carbons (Fsp3) is 0.538. The van der Waals surface area contributed by atoms with Crippen molar-refractivity contribution in [2.24, 2.45) is 5.92 Å². The van der Waals surface area contributed by atoms with Crippen molar-refractivity contribution in [2.75, 3.05) is 5.73 Å². The minimum Gasteiger partial charge on any atom is -0.396 e. The second-order valence-electron chi connectivity index (χ2n) is 4.62. The molecule has 2 N–H and O–H groups in total. The van der Waals surface area contributed by atoms with Crippen LogP contribution in [0.15, 0.2) is 18.2 Å². The van der Waals surface area contributed by atoms with E-state index in [2.05, 4.69) is 6.92 Å². The van der Waals surface area contributed by atoms with Gasteiger partial charge in [0.1, 0.15) is 5.82 Å². The van der Waals surface area contributed by atoms with Gasteiger partial charge in [-0.1, -0.05) is 38.3 Å². The maximum atomic E-state index is 13.8. The van der Waals surface area contributed by atoms with Crippen LogP contribution in [0.25, 0.3) is 0 Å². The number of rotatable bonds is 1. The van der Waals surface area contributed by atoms with Gasteiger partial charge < -0.3 is 5.73 Å². The average molecular weight is 207 g/mol. The summed E-state index contributed by atoms with van der Waals surface area (Å²) in [6.45, 7) is 2.21. The Morgan fingerprint density at radius 2 is 2.00 bits per heavy atom. The van der Waals surface area contributed by atoms with Gasteiger partial charge in [0, 0.05) is 0 Å². The fourth-order valence-corrected chi connectivity index (χ4v) is 2.63. The zero-order valence-corrected chi connectivity index (χ0v) is 9.17. The van der Waals surface area contributed by atoms with E-state index < -0.39 is 0 Å². The van der Waals surface area contributed by atoms with Gasteiger partial charge in [-0.2, -0.15) is 0 Å². The normalized spacial score (nSPS) is 26.5. The second-order valence-corrected chi connectivity index (χ2v) is 4.62. The van der Waals surface area contributed by atoms with E-state index in [0.717, 1.165) is 12.0 Å². The highest BCUT2D eigenvalue weighted by molar-refractivity contribution is 5.44. The molecule has 0 radical (unpaired) electrons. The molecule has 1 aliphatic carbocycles. The molecule has 1 fully saturated rings. The first kappa shape index (κ1) is 10.5. The molecule has 0 bridgehead atoms. The molecule has 1 aliphatic rings. The van der Waals surface area contributed by atoms with Crippen molar-refractivity contribution in [2.45, 2.75) is 38.5 Å². The third kappa shape index (κ3) is 1.99. The van der Waals surface area contributed by atoms with Crippen molar-refractivity contribution >= 4 is 5.69 Å². The molecule has 0 aliphatic heterocycles. The number of nitrogen functional groups attached to an aromatic ring is 1. The smallest absolute Gasteiger partial charge is 0.149 e. The Kier molecular flexibility index (Phi) is 2.94. The summed E-state index contributed by atoms with van der Waals surface area (Å²) in [4.78, 5) is 0. The van der Waals surface area contributed by atoms with Crippen LogP contribution in [0.4, 0.5) is 10.1 Å². The molecule has 2 rings (SSSR count). The number of nitrogens with two attached hydrogens (primary N) is 1. The molecule has 0 amide bonds. The molecule has 0 aromatic heterocycles. The van der Waals surface area contributed by atoms with E-state index in [1.165, 1.54) is 19.3 Å². The summed E-state index contributed by atoms with van der Waals surface area (Å²) < 4.78 is 13.8. The Morgan fingerprint density at radius 3 is 2.73 bits per heavy atom. The Bertz CT molecular complexity index is 348. The minimum absolute atomic E-state index is 0.198. The van der Waals surface area contributed by atoms with E-state index >= 15 is 0 Å². The molecule has 0 heterocycles. The second kappa shape index (κ2) is 4.21. The van der Waals surface area contributed by atoms with Crippen LogP contribution in [0.5, 0.6) is 0 Å². The number of hydrogen-bond donors (Lipinski definition) is 1. The minimum atomic E-state index is -0.198.